The normalized spacial score (nSPS) is 8.00. The van der Waals surface area contributed by atoms with E-state index in [1.165, 1.54) is 0 Å². The maximum Gasteiger partial charge on any atom is 1.00 e. The Hall–Kier alpha value is 1.10. The standard InChI is InChI=1S/C10H6O8.4Na/c11-7(12)3-1-4(8(13)14)6(10(17)18)2-5(3)9(15)16;;;;/h1-2H,(H,11,12)(H,13,14)(H,15,16)(H,17,18);;;;/q;4*+1/p-4. The summed E-state index contributed by atoms with van der Waals surface area (Å²) in [6, 6.07) is 0.613. The van der Waals surface area contributed by atoms with Crippen molar-refractivity contribution in [2.75, 3.05) is 0 Å². The Balaban J connectivity index is -0.000000405. The second-order valence-electron chi connectivity index (χ2n) is 3.09. The molecule has 0 aliphatic rings. The molecular weight excluding hydrogens is 340 g/mol. The van der Waals surface area contributed by atoms with Gasteiger partial charge in [-0.15, -0.1) is 0 Å². The van der Waals surface area contributed by atoms with Gasteiger partial charge in [-0.1, -0.05) is 0 Å². The number of hydrogen-bond donors (Lipinski definition) is 0. The van der Waals surface area contributed by atoms with Gasteiger partial charge in [-0.2, -0.15) is 0 Å². The van der Waals surface area contributed by atoms with E-state index in [-0.39, 0.29) is 118 Å². The van der Waals surface area contributed by atoms with Crippen LogP contribution in [0.15, 0.2) is 12.1 Å². The molecule has 0 aliphatic heterocycles. The summed E-state index contributed by atoms with van der Waals surface area (Å²) in [6.45, 7) is 0. The van der Waals surface area contributed by atoms with E-state index in [1.807, 2.05) is 0 Å². The fraction of sp³-hybridized carbons (Fsp3) is 0. The van der Waals surface area contributed by atoms with E-state index in [2.05, 4.69) is 0 Å². The predicted octanol–water partition coefficient (Wildman–Crippen LogP) is -16.8. The molecule has 0 saturated heterocycles. The van der Waals surface area contributed by atoms with Crippen LogP contribution in [0, 0.1) is 0 Å². The van der Waals surface area contributed by atoms with Crippen LogP contribution < -0.4 is 139 Å². The van der Waals surface area contributed by atoms with Gasteiger partial charge in [-0.3, -0.25) is 0 Å². The number of hydrogen-bond acceptors (Lipinski definition) is 8. The van der Waals surface area contributed by atoms with Crippen LogP contribution in [0.25, 0.3) is 0 Å². The van der Waals surface area contributed by atoms with Crippen molar-refractivity contribution in [3.63, 3.8) is 0 Å². The average molecular weight is 342 g/mol. The Morgan fingerprint density at radius 2 is 0.636 bits per heavy atom. The first-order chi connectivity index (χ1) is 8.25. The van der Waals surface area contributed by atoms with E-state index in [9.17, 15) is 39.6 Å². The average Bonchev–Trinajstić information content (AvgIpc) is 2.26. The number of aromatic carboxylic acids is 4. The van der Waals surface area contributed by atoms with Crippen molar-refractivity contribution < 1.29 is 158 Å². The molecule has 0 aromatic heterocycles. The van der Waals surface area contributed by atoms with Crippen molar-refractivity contribution in [1.29, 1.82) is 0 Å². The molecule has 0 aliphatic carbocycles. The zero-order valence-corrected chi connectivity index (χ0v) is 20.4. The Morgan fingerprint density at radius 1 is 0.500 bits per heavy atom. The summed E-state index contributed by atoms with van der Waals surface area (Å²) in [5.74, 6) is -7.99. The molecule has 0 atom stereocenters. The third-order valence-electron chi connectivity index (χ3n) is 2.04. The van der Waals surface area contributed by atoms with Gasteiger partial charge >= 0.3 is 118 Å². The van der Waals surface area contributed by atoms with Crippen LogP contribution in [0.1, 0.15) is 41.4 Å². The number of rotatable bonds is 4. The second kappa shape index (κ2) is 13.4. The minimum atomic E-state index is -2.00. The number of carboxylic acid groups (broad SMARTS) is 4. The summed E-state index contributed by atoms with van der Waals surface area (Å²) < 4.78 is 0. The first-order valence-corrected chi connectivity index (χ1v) is 4.29. The molecule has 0 N–H and O–H groups in total. The maximum absolute atomic E-state index is 10.6. The molecule has 0 saturated carbocycles. The largest absolute Gasteiger partial charge is 1.00 e. The van der Waals surface area contributed by atoms with Crippen LogP contribution in [0.2, 0.25) is 0 Å². The first kappa shape index (κ1) is 30.9. The molecule has 0 bridgehead atoms. The van der Waals surface area contributed by atoms with Crippen LogP contribution in [0.5, 0.6) is 0 Å². The van der Waals surface area contributed by atoms with E-state index in [0.29, 0.717) is 12.1 Å². The van der Waals surface area contributed by atoms with Gasteiger partial charge in [0.1, 0.15) is 0 Å². The molecular formula is C10H2Na4O8. The summed E-state index contributed by atoms with van der Waals surface area (Å²) >= 11 is 0. The van der Waals surface area contributed by atoms with Crippen molar-refractivity contribution in [1.82, 2.24) is 0 Å². The van der Waals surface area contributed by atoms with E-state index in [0.717, 1.165) is 0 Å². The van der Waals surface area contributed by atoms with Gasteiger partial charge in [0, 0.05) is 22.3 Å². The van der Waals surface area contributed by atoms with Crippen LogP contribution >= 0.6 is 0 Å². The predicted molar refractivity (Wildman–Crippen MR) is 43.8 cm³/mol. The molecule has 0 heterocycles. The molecule has 1 aromatic carbocycles. The number of carbonyl (C=O) groups is 4. The van der Waals surface area contributed by atoms with E-state index < -0.39 is 46.1 Å². The Bertz CT molecular complexity index is 488. The fourth-order valence-electron chi connectivity index (χ4n) is 1.28. The summed E-state index contributed by atoms with van der Waals surface area (Å²) in [5.41, 5.74) is -4.11. The van der Waals surface area contributed by atoms with Crippen molar-refractivity contribution in [2.24, 2.45) is 0 Å². The van der Waals surface area contributed by atoms with Crippen molar-refractivity contribution in [2.45, 2.75) is 0 Å². The molecule has 94 valence electrons. The van der Waals surface area contributed by atoms with Gasteiger partial charge in [-0.05, 0) is 12.1 Å². The van der Waals surface area contributed by atoms with Crippen LogP contribution in [0.4, 0.5) is 0 Å². The smallest absolute Gasteiger partial charge is 0.545 e. The number of carbonyl (C=O) groups excluding carboxylic acids is 4. The summed E-state index contributed by atoms with van der Waals surface area (Å²) in [5, 5.41) is 42.4. The minimum absolute atomic E-state index is 0. The molecule has 0 radical (unpaired) electrons. The summed E-state index contributed by atoms with van der Waals surface area (Å²) in [7, 11) is 0. The van der Waals surface area contributed by atoms with E-state index in [1.54, 1.807) is 0 Å². The topological polar surface area (TPSA) is 161 Å². The third kappa shape index (κ3) is 7.78. The number of benzene rings is 1. The molecule has 22 heavy (non-hydrogen) atoms. The zero-order chi connectivity index (χ0) is 14.0. The van der Waals surface area contributed by atoms with E-state index in [4.69, 9.17) is 0 Å². The Morgan fingerprint density at radius 3 is 0.727 bits per heavy atom. The third-order valence-corrected chi connectivity index (χ3v) is 2.04. The monoisotopic (exact) mass is 342 g/mol. The molecule has 12 heteroatoms. The van der Waals surface area contributed by atoms with Gasteiger partial charge in [0.25, 0.3) is 0 Å². The molecule has 1 rings (SSSR count). The van der Waals surface area contributed by atoms with Crippen molar-refractivity contribution >= 4 is 23.9 Å². The summed E-state index contributed by atoms with van der Waals surface area (Å²) in [6.07, 6.45) is 0. The van der Waals surface area contributed by atoms with Gasteiger partial charge in [0.05, 0.1) is 23.9 Å². The van der Waals surface area contributed by atoms with E-state index >= 15 is 0 Å². The van der Waals surface area contributed by atoms with Crippen LogP contribution in [0.3, 0.4) is 0 Å². The maximum atomic E-state index is 10.6. The van der Waals surface area contributed by atoms with Crippen molar-refractivity contribution in [3.8, 4) is 0 Å². The molecule has 1 aromatic rings. The van der Waals surface area contributed by atoms with Crippen LogP contribution in [-0.2, 0) is 0 Å². The Labute approximate surface area is 212 Å². The van der Waals surface area contributed by atoms with Gasteiger partial charge in [-0.25, -0.2) is 0 Å². The number of carboxylic acids is 4. The van der Waals surface area contributed by atoms with Gasteiger partial charge < -0.3 is 39.6 Å². The Kier molecular flexibility index (Phi) is 18.8. The molecule has 0 fully saturated rings. The molecule has 0 unspecified atom stereocenters. The minimum Gasteiger partial charge on any atom is -0.545 e. The second-order valence-corrected chi connectivity index (χ2v) is 3.09. The molecule has 8 nitrogen and oxygen atoms in total. The van der Waals surface area contributed by atoms with Gasteiger partial charge in [0.2, 0.25) is 0 Å². The summed E-state index contributed by atoms with van der Waals surface area (Å²) in [4.78, 5) is 42.4. The molecule has 0 amide bonds. The SMILES string of the molecule is O=C([O-])c1cc(C(=O)[O-])c(C(=O)[O-])cc1C(=O)[O-].[Na+].[Na+].[Na+].[Na+]. The molecule has 0 spiro atoms. The first-order valence-electron chi connectivity index (χ1n) is 4.29. The quantitative estimate of drug-likeness (QED) is 0.487. The zero-order valence-electron chi connectivity index (χ0n) is 12.4. The van der Waals surface area contributed by atoms with Crippen LogP contribution in [-0.4, -0.2) is 23.9 Å². The van der Waals surface area contributed by atoms with Gasteiger partial charge in [0.15, 0.2) is 0 Å². The fourth-order valence-corrected chi connectivity index (χ4v) is 1.28. The van der Waals surface area contributed by atoms with Crippen molar-refractivity contribution in [3.05, 3.63) is 34.4 Å².